The molecule has 1 aromatic carbocycles. The summed E-state index contributed by atoms with van der Waals surface area (Å²) >= 11 is 6.36. The Kier molecular flexibility index (Phi) is 5.76. The molecule has 0 unspecified atom stereocenters. The van der Waals surface area contributed by atoms with Crippen molar-refractivity contribution in [3.8, 4) is 0 Å². The fourth-order valence-electron chi connectivity index (χ4n) is 3.70. The van der Waals surface area contributed by atoms with Gasteiger partial charge in [0.2, 0.25) is 0 Å². The van der Waals surface area contributed by atoms with E-state index in [-0.39, 0.29) is 0 Å². The smallest absolute Gasteiger partial charge is 0.0440 e. The van der Waals surface area contributed by atoms with E-state index in [0.29, 0.717) is 5.92 Å². The van der Waals surface area contributed by atoms with E-state index in [2.05, 4.69) is 26.0 Å². The largest absolute Gasteiger partial charge is 0.0840 e. The summed E-state index contributed by atoms with van der Waals surface area (Å²) in [6, 6.07) is 8.39. The van der Waals surface area contributed by atoms with Gasteiger partial charge in [-0.2, -0.15) is 0 Å². The highest BCUT2D eigenvalue weighted by Gasteiger charge is 2.24. The second-order valence-electron chi connectivity index (χ2n) is 6.23. The van der Waals surface area contributed by atoms with Crippen LogP contribution >= 0.6 is 11.6 Å². The lowest BCUT2D eigenvalue weighted by Crippen LogP contribution is -2.10. The van der Waals surface area contributed by atoms with Gasteiger partial charge in [-0.05, 0) is 42.2 Å². The van der Waals surface area contributed by atoms with Crippen LogP contribution in [-0.4, -0.2) is 0 Å². The lowest BCUT2D eigenvalue weighted by molar-refractivity contribution is 0.375. The first-order valence-electron chi connectivity index (χ1n) is 7.96. The molecule has 1 fully saturated rings. The van der Waals surface area contributed by atoms with E-state index in [4.69, 9.17) is 11.6 Å². The Morgan fingerprint density at radius 1 is 1.16 bits per heavy atom. The van der Waals surface area contributed by atoms with E-state index >= 15 is 0 Å². The molecule has 1 aliphatic rings. The van der Waals surface area contributed by atoms with Crippen LogP contribution in [0.25, 0.3) is 0 Å². The van der Waals surface area contributed by atoms with E-state index in [1.807, 2.05) is 12.1 Å². The van der Waals surface area contributed by atoms with Crippen molar-refractivity contribution < 1.29 is 0 Å². The van der Waals surface area contributed by atoms with Crippen molar-refractivity contribution in [1.29, 1.82) is 0 Å². The summed E-state index contributed by atoms with van der Waals surface area (Å²) in [5.41, 5.74) is 1.35. The fraction of sp³-hybridized carbons (Fsp3) is 0.667. The highest BCUT2D eigenvalue weighted by atomic mass is 35.5. The molecule has 1 aromatic rings. The van der Waals surface area contributed by atoms with E-state index in [1.165, 1.54) is 50.5 Å². The van der Waals surface area contributed by atoms with Gasteiger partial charge < -0.3 is 0 Å². The molecule has 1 saturated carbocycles. The number of hydrogen-bond donors (Lipinski definition) is 0. The average Bonchev–Trinajstić information content (AvgIpc) is 2.65. The molecule has 0 aliphatic heterocycles. The average molecular weight is 279 g/mol. The zero-order valence-corrected chi connectivity index (χ0v) is 13.1. The second-order valence-corrected chi connectivity index (χ2v) is 6.64. The molecule has 0 bridgehead atoms. The van der Waals surface area contributed by atoms with Crippen LogP contribution in [0.1, 0.15) is 70.3 Å². The summed E-state index contributed by atoms with van der Waals surface area (Å²) in [6.07, 6.45) is 9.81. The Labute approximate surface area is 123 Å². The molecule has 3 atom stereocenters. The van der Waals surface area contributed by atoms with Crippen molar-refractivity contribution in [2.45, 2.75) is 64.7 Å². The predicted octanol–water partition coefficient (Wildman–Crippen LogP) is 6.44. The number of hydrogen-bond acceptors (Lipinski definition) is 0. The first-order valence-corrected chi connectivity index (χ1v) is 8.34. The maximum absolute atomic E-state index is 6.36. The van der Waals surface area contributed by atoms with E-state index < -0.39 is 0 Å². The van der Waals surface area contributed by atoms with Gasteiger partial charge in [-0.1, -0.05) is 75.8 Å². The third kappa shape index (κ3) is 3.99. The van der Waals surface area contributed by atoms with Gasteiger partial charge >= 0.3 is 0 Å². The van der Waals surface area contributed by atoms with E-state index in [9.17, 15) is 0 Å². The maximum Gasteiger partial charge on any atom is 0.0440 e. The Bertz CT molecular complexity index is 385. The highest BCUT2D eigenvalue weighted by Crippen LogP contribution is 2.39. The topological polar surface area (TPSA) is 0 Å². The molecule has 0 amide bonds. The van der Waals surface area contributed by atoms with E-state index in [1.54, 1.807) is 0 Å². The first-order chi connectivity index (χ1) is 9.22. The minimum Gasteiger partial charge on any atom is -0.0840 e. The van der Waals surface area contributed by atoms with Gasteiger partial charge in [-0.25, -0.2) is 0 Å². The molecule has 1 heteroatoms. The van der Waals surface area contributed by atoms with Gasteiger partial charge in [0, 0.05) is 5.02 Å². The SMILES string of the molecule is CCC[C@H]1CCC[C@@H]([C@H](C)c2ccccc2Cl)CC1. The molecule has 0 N–H and O–H groups in total. The van der Waals surface area contributed by atoms with Crippen molar-refractivity contribution in [3.05, 3.63) is 34.9 Å². The fourth-order valence-corrected chi connectivity index (χ4v) is 4.01. The van der Waals surface area contributed by atoms with Crippen molar-refractivity contribution in [2.24, 2.45) is 11.8 Å². The second kappa shape index (κ2) is 7.33. The van der Waals surface area contributed by atoms with Crippen LogP contribution in [-0.2, 0) is 0 Å². The van der Waals surface area contributed by atoms with Crippen LogP contribution in [0.3, 0.4) is 0 Å². The van der Waals surface area contributed by atoms with Crippen LogP contribution in [0.4, 0.5) is 0 Å². The van der Waals surface area contributed by atoms with Crippen molar-refractivity contribution in [2.75, 3.05) is 0 Å². The standard InChI is InChI=1S/C18H27Cl/c1-3-7-15-8-6-9-16(13-12-15)14(2)17-10-4-5-11-18(17)19/h4-5,10-11,14-16H,3,6-9,12-13H2,1-2H3/t14-,15-,16+/m0/s1. The quantitative estimate of drug-likeness (QED) is 0.556. The van der Waals surface area contributed by atoms with Gasteiger partial charge in [0.15, 0.2) is 0 Å². The third-order valence-electron chi connectivity index (χ3n) is 4.93. The van der Waals surface area contributed by atoms with Gasteiger partial charge in [0.1, 0.15) is 0 Å². The zero-order valence-electron chi connectivity index (χ0n) is 12.4. The summed E-state index contributed by atoms with van der Waals surface area (Å²) in [7, 11) is 0. The van der Waals surface area contributed by atoms with Crippen molar-refractivity contribution in [1.82, 2.24) is 0 Å². The van der Waals surface area contributed by atoms with Crippen LogP contribution in [0.2, 0.25) is 5.02 Å². The van der Waals surface area contributed by atoms with Crippen LogP contribution in [0.5, 0.6) is 0 Å². The minimum atomic E-state index is 0.606. The monoisotopic (exact) mass is 278 g/mol. The van der Waals surface area contributed by atoms with Gasteiger partial charge in [-0.3, -0.25) is 0 Å². The Morgan fingerprint density at radius 2 is 1.95 bits per heavy atom. The Hall–Kier alpha value is -0.490. The van der Waals surface area contributed by atoms with Gasteiger partial charge in [-0.15, -0.1) is 0 Å². The molecule has 106 valence electrons. The number of halogens is 1. The molecular formula is C18H27Cl. The van der Waals surface area contributed by atoms with Crippen molar-refractivity contribution >= 4 is 11.6 Å². The molecule has 0 aromatic heterocycles. The van der Waals surface area contributed by atoms with Gasteiger partial charge in [0.05, 0.1) is 0 Å². The zero-order chi connectivity index (χ0) is 13.7. The minimum absolute atomic E-state index is 0.606. The van der Waals surface area contributed by atoms with Crippen LogP contribution < -0.4 is 0 Å². The number of rotatable bonds is 4. The molecule has 1 aliphatic carbocycles. The summed E-state index contributed by atoms with van der Waals surface area (Å²) in [6.45, 7) is 4.68. The molecule has 2 rings (SSSR count). The highest BCUT2D eigenvalue weighted by molar-refractivity contribution is 6.31. The molecule has 0 saturated heterocycles. The number of benzene rings is 1. The summed E-state index contributed by atoms with van der Waals surface area (Å²) < 4.78 is 0. The van der Waals surface area contributed by atoms with Crippen molar-refractivity contribution in [3.63, 3.8) is 0 Å². The maximum atomic E-state index is 6.36. The summed E-state index contributed by atoms with van der Waals surface area (Å²) in [5.74, 6) is 2.41. The molecule has 0 heterocycles. The molecule has 0 spiro atoms. The predicted molar refractivity (Wildman–Crippen MR) is 84.8 cm³/mol. The van der Waals surface area contributed by atoms with Crippen LogP contribution in [0, 0.1) is 11.8 Å². The lowest BCUT2D eigenvalue weighted by Gasteiger charge is -2.24. The summed E-state index contributed by atoms with van der Waals surface area (Å²) in [5, 5.41) is 0.948. The van der Waals surface area contributed by atoms with Gasteiger partial charge in [0.25, 0.3) is 0 Å². The Balaban J connectivity index is 2.00. The normalized spacial score (nSPS) is 25.8. The third-order valence-corrected chi connectivity index (χ3v) is 5.28. The van der Waals surface area contributed by atoms with Crippen LogP contribution in [0.15, 0.2) is 24.3 Å². The molecule has 0 radical (unpaired) electrons. The van der Waals surface area contributed by atoms with E-state index in [0.717, 1.165) is 16.9 Å². The molecule has 0 nitrogen and oxygen atoms in total. The summed E-state index contributed by atoms with van der Waals surface area (Å²) in [4.78, 5) is 0. The molecular weight excluding hydrogens is 252 g/mol. The molecule has 19 heavy (non-hydrogen) atoms. The Morgan fingerprint density at radius 3 is 2.68 bits per heavy atom. The lowest BCUT2D eigenvalue weighted by atomic mass is 9.82. The first kappa shape index (κ1) is 14.9.